The van der Waals surface area contributed by atoms with Crippen molar-refractivity contribution in [2.45, 2.75) is 37.2 Å². The number of ketones is 1. The maximum atomic E-state index is 12.6. The van der Waals surface area contributed by atoms with E-state index in [4.69, 9.17) is 9.47 Å². The van der Waals surface area contributed by atoms with Crippen LogP contribution in [0.3, 0.4) is 0 Å². The molecule has 3 nitrogen and oxygen atoms in total. The lowest BCUT2D eigenvalue weighted by molar-refractivity contribution is -0.153. The van der Waals surface area contributed by atoms with Gasteiger partial charge in [-0.2, -0.15) is 0 Å². The number of Topliss-reactive ketones (excluding diaryl/α,β-unsaturated/α-hetero) is 1. The summed E-state index contributed by atoms with van der Waals surface area (Å²) in [5, 5.41) is 0. The third-order valence-electron chi connectivity index (χ3n) is 4.59. The number of hydrogen-bond acceptors (Lipinski definition) is 3. The topological polar surface area (TPSA) is 35.5 Å². The minimum Gasteiger partial charge on any atom is -0.381 e. The Morgan fingerprint density at radius 3 is 2.79 bits per heavy atom. The second-order valence-electron chi connectivity index (χ2n) is 5.54. The summed E-state index contributed by atoms with van der Waals surface area (Å²) in [6, 6.07) is 8.40. The van der Waals surface area contributed by atoms with Crippen LogP contribution in [0, 0.1) is 0 Å². The van der Waals surface area contributed by atoms with Crippen molar-refractivity contribution in [1.82, 2.24) is 0 Å². The Balaban J connectivity index is 1.69. The average molecular weight is 260 g/mol. The second kappa shape index (κ2) is 5.06. The molecule has 1 aromatic carbocycles. The van der Waals surface area contributed by atoms with Crippen LogP contribution >= 0.6 is 0 Å². The molecule has 0 radical (unpaired) electrons. The van der Waals surface area contributed by atoms with Gasteiger partial charge in [0.25, 0.3) is 0 Å². The molecule has 1 heterocycles. The third kappa shape index (κ3) is 2.21. The first kappa shape index (κ1) is 12.8. The number of ether oxygens (including phenoxy) is 2. The zero-order valence-corrected chi connectivity index (χ0v) is 11.4. The van der Waals surface area contributed by atoms with Gasteiger partial charge in [0.1, 0.15) is 5.60 Å². The molecule has 0 amide bonds. The molecule has 0 spiro atoms. The molecule has 0 aromatic heterocycles. The summed E-state index contributed by atoms with van der Waals surface area (Å²) in [6.07, 6.45) is 3.01. The van der Waals surface area contributed by atoms with Crippen molar-refractivity contribution < 1.29 is 14.3 Å². The number of hydrogen-bond donors (Lipinski definition) is 0. The largest absolute Gasteiger partial charge is 0.381 e. The minimum absolute atomic E-state index is 0.248. The fourth-order valence-corrected chi connectivity index (χ4v) is 3.25. The van der Waals surface area contributed by atoms with Gasteiger partial charge in [-0.15, -0.1) is 0 Å². The molecule has 1 aromatic rings. The van der Waals surface area contributed by atoms with E-state index in [0.717, 1.165) is 6.42 Å². The van der Waals surface area contributed by atoms with Crippen LogP contribution in [0.5, 0.6) is 0 Å². The van der Waals surface area contributed by atoms with E-state index in [1.807, 2.05) is 0 Å². The fraction of sp³-hybridized carbons (Fsp3) is 0.562. The molecule has 1 atom stereocenters. The first-order valence-electron chi connectivity index (χ1n) is 6.99. The molecule has 0 saturated carbocycles. The highest BCUT2D eigenvalue weighted by molar-refractivity contribution is 5.88. The van der Waals surface area contributed by atoms with Gasteiger partial charge >= 0.3 is 0 Å². The molecular weight excluding hydrogens is 240 g/mol. The molecule has 3 heteroatoms. The van der Waals surface area contributed by atoms with Gasteiger partial charge in [0.05, 0.1) is 0 Å². The van der Waals surface area contributed by atoms with Crippen LogP contribution < -0.4 is 0 Å². The molecule has 102 valence electrons. The Morgan fingerprint density at radius 2 is 2.11 bits per heavy atom. The lowest BCUT2D eigenvalue weighted by Gasteiger charge is -2.37. The van der Waals surface area contributed by atoms with E-state index in [2.05, 4.69) is 24.3 Å². The Labute approximate surface area is 113 Å². The summed E-state index contributed by atoms with van der Waals surface area (Å²) >= 11 is 0. The number of fused-ring (bicyclic) bond motifs is 1. The fourth-order valence-electron chi connectivity index (χ4n) is 3.25. The van der Waals surface area contributed by atoms with Crippen LogP contribution in [0.4, 0.5) is 0 Å². The van der Waals surface area contributed by atoms with Crippen LogP contribution in [-0.2, 0) is 20.7 Å². The van der Waals surface area contributed by atoms with Crippen molar-refractivity contribution in [3.8, 4) is 0 Å². The van der Waals surface area contributed by atoms with E-state index >= 15 is 0 Å². The Kier molecular flexibility index (Phi) is 3.42. The van der Waals surface area contributed by atoms with Gasteiger partial charge in [-0.1, -0.05) is 24.3 Å². The minimum atomic E-state index is -0.594. The highest BCUT2D eigenvalue weighted by Crippen LogP contribution is 2.39. The van der Waals surface area contributed by atoms with Crippen molar-refractivity contribution in [2.24, 2.45) is 0 Å². The average Bonchev–Trinajstić information content (AvgIpc) is 2.45. The number of carbonyl (C=O) groups excluding carboxylic acids is 1. The molecule has 1 fully saturated rings. The predicted octanol–water partition coefficient (Wildman–Crippen LogP) is 2.48. The first-order valence-corrected chi connectivity index (χ1v) is 6.99. The van der Waals surface area contributed by atoms with Crippen molar-refractivity contribution >= 4 is 5.78 Å². The van der Waals surface area contributed by atoms with E-state index in [-0.39, 0.29) is 5.78 Å². The normalized spacial score (nSPS) is 24.4. The smallest absolute Gasteiger partial charge is 0.165 e. The van der Waals surface area contributed by atoms with E-state index in [1.54, 1.807) is 7.11 Å². The summed E-state index contributed by atoms with van der Waals surface area (Å²) in [6.45, 7) is 1.25. The van der Waals surface area contributed by atoms with Gasteiger partial charge in [0.2, 0.25) is 0 Å². The van der Waals surface area contributed by atoms with Crippen molar-refractivity contribution in [2.75, 3.05) is 20.3 Å². The molecule has 19 heavy (non-hydrogen) atoms. The molecule has 1 aliphatic heterocycles. The molecule has 1 saturated heterocycles. The van der Waals surface area contributed by atoms with Crippen LogP contribution in [0.15, 0.2) is 24.3 Å². The van der Waals surface area contributed by atoms with Crippen molar-refractivity contribution in [3.63, 3.8) is 0 Å². The summed E-state index contributed by atoms with van der Waals surface area (Å²) < 4.78 is 10.9. The van der Waals surface area contributed by atoms with Gasteiger partial charge in [0.15, 0.2) is 5.78 Å². The van der Waals surface area contributed by atoms with Gasteiger partial charge in [-0.3, -0.25) is 4.79 Å². The Morgan fingerprint density at radius 1 is 1.37 bits per heavy atom. The van der Waals surface area contributed by atoms with Crippen LogP contribution in [0.2, 0.25) is 0 Å². The zero-order chi connectivity index (χ0) is 13.3. The molecule has 0 N–H and O–H groups in total. The molecule has 0 bridgehead atoms. The van der Waals surface area contributed by atoms with E-state index < -0.39 is 5.60 Å². The molecule has 2 aliphatic rings. The van der Waals surface area contributed by atoms with Crippen LogP contribution in [-0.4, -0.2) is 31.7 Å². The highest BCUT2D eigenvalue weighted by Gasteiger charge is 2.41. The Bertz CT molecular complexity index is 475. The standard InChI is InChI=1S/C16H20O3/c1-18-16(6-8-19-9-7-16)15(17)11-13-10-12-4-2-3-5-14(12)13/h2-5,13H,6-11H2,1H3. The quantitative estimate of drug-likeness (QED) is 0.834. The molecule has 1 aliphatic carbocycles. The second-order valence-corrected chi connectivity index (χ2v) is 5.54. The highest BCUT2D eigenvalue weighted by atomic mass is 16.5. The van der Waals surface area contributed by atoms with Crippen molar-refractivity contribution in [1.29, 1.82) is 0 Å². The van der Waals surface area contributed by atoms with Gasteiger partial charge in [-0.25, -0.2) is 0 Å². The predicted molar refractivity (Wildman–Crippen MR) is 72.3 cm³/mol. The van der Waals surface area contributed by atoms with Crippen LogP contribution in [0.1, 0.15) is 36.3 Å². The Hall–Kier alpha value is -1.19. The monoisotopic (exact) mass is 260 g/mol. The SMILES string of the molecule is COC1(C(=O)CC2Cc3ccccc32)CCOCC1. The van der Waals surface area contributed by atoms with Gasteiger partial charge in [0, 0.05) is 39.6 Å². The molecule has 3 rings (SSSR count). The third-order valence-corrected chi connectivity index (χ3v) is 4.59. The summed E-state index contributed by atoms with van der Waals surface area (Å²) in [4.78, 5) is 12.6. The van der Waals surface area contributed by atoms with Crippen molar-refractivity contribution in [3.05, 3.63) is 35.4 Å². The number of methoxy groups -OCH3 is 1. The summed E-state index contributed by atoms with van der Waals surface area (Å²) in [5.41, 5.74) is 2.14. The van der Waals surface area contributed by atoms with Gasteiger partial charge < -0.3 is 9.47 Å². The van der Waals surface area contributed by atoms with E-state index in [9.17, 15) is 4.79 Å². The lowest BCUT2D eigenvalue weighted by atomic mass is 9.72. The number of benzene rings is 1. The van der Waals surface area contributed by atoms with E-state index in [1.165, 1.54) is 11.1 Å². The van der Waals surface area contributed by atoms with Gasteiger partial charge in [-0.05, 0) is 23.5 Å². The molecule has 1 unspecified atom stereocenters. The number of rotatable bonds is 4. The van der Waals surface area contributed by atoms with Crippen LogP contribution in [0.25, 0.3) is 0 Å². The first-order chi connectivity index (χ1) is 9.25. The summed E-state index contributed by atoms with van der Waals surface area (Å²) in [5.74, 6) is 0.636. The maximum Gasteiger partial charge on any atom is 0.165 e. The molecular formula is C16H20O3. The lowest BCUT2D eigenvalue weighted by Crippen LogP contribution is -2.46. The number of carbonyl (C=O) groups is 1. The zero-order valence-electron chi connectivity index (χ0n) is 11.4. The van der Waals surface area contributed by atoms with E-state index in [0.29, 0.717) is 38.4 Å². The maximum absolute atomic E-state index is 12.6. The summed E-state index contributed by atoms with van der Waals surface area (Å²) in [7, 11) is 1.65.